The van der Waals surface area contributed by atoms with Crippen LogP contribution in [-0.2, 0) is 16.4 Å². The highest BCUT2D eigenvalue weighted by Gasteiger charge is 2.22. The van der Waals surface area contributed by atoms with Crippen LogP contribution in [0.2, 0.25) is 0 Å². The van der Waals surface area contributed by atoms with Crippen LogP contribution in [0.3, 0.4) is 0 Å². The van der Waals surface area contributed by atoms with E-state index in [0.29, 0.717) is 12.1 Å². The van der Waals surface area contributed by atoms with Crippen molar-refractivity contribution in [3.63, 3.8) is 0 Å². The summed E-state index contributed by atoms with van der Waals surface area (Å²) in [5.41, 5.74) is 1.84. The number of hydrogen-bond acceptors (Lipinski definition) is 5. The van der Waals surface area contributed by atoms with Gasteiger partial charge >= 0.3 is 5.69 Å². The number of nitrogens with one attached hydrogen (secondary N) is 1. The zero-order valence-corrected chi connectivity index (χ0v) is 15.8. The minimum absolute atomic E-state index is 0.00609. The van der Waals surface area contributed by atoms with Crippen LogP contribution in [0.4, 0.5) is 11.4 Å². The molecule has 0 amide bonds. The quantitative estimate of drug-likeness (QED) is 0.479. The molecule has 0 atom stereocenters. The van der Waals surface area contributed by atoms with Gasteiger partial charge in [-0.15, -0.1) is 0 Å². The number of hydrogen-bond donors (Lipinski definition) is 1. The minimum Gasteiger partial charge on any atom is -0.490 e. The van der Waals surface area contributed by atoms with Crippen molar-refractivity contribution in [1.82, 2.24) is 0 Å². The summed E-state index contributed by atoms with van der Waals surface area (Å²) in [4.78, 5) is 10.3. The zero-order chi connectivity index (χ0) is 20.1. The van der Waals surface area contributed by atoms with Gasteiger partial charge < -0.3 is 4.74 Å². The maximum Gasteiger partial charge on any atom is 0.312 e. The lowest BCUT2D eigenvalue weighted by Gasteiger charge is -2.13. The summed E-state index contributed by atoms with van der Waals surface area (Å²) < 4.78 is 33.1. The molecule has 0 unspecified atom stereocenters. The number of nitro benzene ring substituents is 1. The molecule has 0 aliphatic carbocycles. The fourth-order valence-electron chi connectivity index (χ4n) is 2.77. The van der Waals surface area contributed by atoms with E-state index in [9.17, 15) is 18.5 Å². The smallest absolute Gasteiger partial charge is 0.312 e. The normalized spacial score (nSPS) is 11.0. The van der Waals surface area contributed by atoms with Gasteiger partial charge in [0.05, 0.1) is 22.6 Å². The molecule has 8 heteroatoms. The highest BCUT2D eigenvalue weighted by Crippen LogP contribution is 2.30. The van der Waals surface area contributed by atoms with E-state index >= 15 is 0 Å². The van der Waals surface area contributed by atoms with Crippen molar-refractivity contribution in [2.75, 3.05) is 11.8 Å². The van der Waals surface area contributed by atoms with Crippen molar-refractivity contribution in [3.8, 4) is 5.75 Å². The first-order chi connectivity index (χ1) is 13.4. The Morgan fingerprint density at radius 2 is 1.68 bits per heavy atom. The summed E-state index contributed by atoms with van der Waals surface area (Å²) in [5, 5.41) is 11.2. The van der Waals surface area contributed by atoms with Crippen molar-refractivity contribution in [2.45, 2.75) is 11.3 Å². The summed E-state index contributed by atoms with van der Waals surface area (Å²) in [6, 6.07) is 20.2. The lowest BCUT2D eigenvalue weighted by Crippen LogP contribution is -2.14. The van der Waals surface area contributed by atoms with Gasteiger partial charge in [-0.1, -0.05) is 48.5 Å². The molecular weight excluding hydrogens is 380 g/mol. The Kier molecular flexibility index (Phi) is 5.60. The molecule has 0 heterocycles. The van der Waals surface area contributed by atoms with E-state index in [2.05, 4.69) is 4.72 Å². The number of nitrogens with zero attached hydrogens (tertiary/aromatic N) is 1. The fourth-order valence-corrected chi connectivity index (χ4v) is 3.89. The number of methoxy groups -OCH3 is 1. The second-order valence-corrected chi connectivity index (χ2v) is 7.70. The summed E-state index contributed by atoms with van der Waals surface area (Å²) in [6.45, 7) is 0. The van der Waals surface area contributed by atoms with E-state index in [1.165, 1.54) is 19.2 Å². The van der Waals surface area contributed by atoms with Crippen LogP contribution in [0.25, 0.3) is 0 Å². The molecule has 0 fully saturated rings. The second-order valence-electron chi connectivity index (χ2n) is 6.02. The molecule has 0 saturated heterocycles. The molecule has 0 spiro atoms. The SMILES string of the molecule is COc1ccc(S(=O)(=O)Nc2ccccc2Cc2ccccc2)cc1[N+](=O)[O-]. The molecular formula is C20H18N2O5S. The number of para-hydroxylation sites is 1. The van der Waals surface area contributed by atoms with Gasteiger partial charge in [-0.25, -0.2) is 8.42 Å². The van der Waals surface area contributed by atoms with Gasteiger partial charge in [0.15, 0.2) is 5.75 Å². The van der Waals surface area contributed by atoms with Crippen molar-refractivity contribution in [2.24, 2.45) is 0 Å². The van der Waals surface area contributed by atoms with Crippen LogP contribution in [0.15, 0.2) is 77.7 Å². The minimum atomic E-state index is -4.02. The number of nitro groups is 1. The molecule has 144 valence electrons. The summed E-state index contributed by atoms with van der Waals surface area (Å²) >= 11 is 0. The highest BCUT2D eigenvalue weighted by atomic mass is 32.2. The molecule has 3 aromatic rings. The van der Waals surface area contributed by atoms with E-state index in [1.54, 1.807) is 12.1 Å². The third-order valence-electron chi connectivity index (χ3n) is 4.16. The van der Waals surface area contributed by atoms with Gasteiger partial charge in [-0.3, -0.25) is 14.8 Å². The van der Waals surface area contributed by atoms with Crippen molar-refractivity contribution in [1.29, 1.82) is 0 Å². The van der Waals surface area contributed by atoms with Gasteiger partial charge in [0.2, 0.25) is 0 Å². The first-order valence-electron chi connectivity index (χ1n) is 8.38. The van der Waals surface area contributed by atoms with Crippen LogP contribution >= 0.6 is 0 Å². The Labute approximate surface area is 162 Å². The molecule has 1 N–H and O–H groups in total. The molecule has 0 aliphatic rings. The van der Waals surface area contributed by atoms with Gasteiger partial charge in [0.25, 0.3) is 10.0 Å². The van der Waals surface area contributed by atoms with E-state index in [-0.39, 0.29) is 10.6 Å². The van der Waals surface area contributed by atoms with Crippen LogP contribution in [0.5, 0.6) is 5.75 Å². The molecule has 0 bridgehead atoms. The largest absolute Gasteiger partial charge is 0.490 e. The fraction of sp³-hybridized carbons (Fsp3) is 0.100. The second kappa shape index (κ2) is 8.10. The molecule has 7 nitrogen and oxygen atoms in total. The predicted octanol–water partition coefficient (Wildman–Crippen LogP) is 4.00. The van der Waals surface area contributed by atoms with E-state index < -0.39 is 20.6 Å². The van der Waals surface area contributed by atoms with Crippen molar-refractivity contribution >= 4 is 21.4 Å². The molecule has 0 radical (unpaired) electrons. The van der Waals surface area contributed by atoms with Crippen molar-refractivity contribution in [3.05, 3.63) is 94.0 Å². The molecule has 0 saturated carbocycles. The first-order valence-corrected chi connectivity index (χ1v) is 9.86. The predicted molar refractivity (Wildman–Crippen MR) is 106 cm³/mol. The Balaban J connectivity index is 1.93. The van der Waals surface area contributed by atoms with Gasteiger partial charge in [0, 0.05) is 6.07 Å². The maximum atomic E-state index is 12.8. The Morgan fingerprint density at radius 3 is 2.36 bits per heavy atom. The lowest BCUT2D eigenvalue weighted by atomic mass is 10.0. The van der Waals surface area contributed by atoms with Crippen molar-refractivity contribution < 1.29 is 18.1 Å². The molecule has 0 aromatic heterocycles. The first kappa shape index (κ1) is 19.4. The highest BCUT2D eigenvalue weighted by molar-refractivity contribution is 7.92. The average molecular weight is 398 g/mol. The molecule has 3 aromatic carbocycles. The Hall–Kier alpha value is -3.39. The Bertz CT molecular complexity index is 1100. The molecule has 3 rings (SSSR count). The monoisotopic (exact) mass is 398 g/mol. The topological polar surface area (TPSA) is 98.5 Å². The third-order valence-corrected chi connectivity index (χ3v) is 5.52. The third kappa shape index (κ3) is 4.29. The number of anilines is 1. The van der Waals surface area contributed by atoms with Crippen LogP contribution < -0.4 is 9.46 Å². The van der Waals surface area contributed by atoms with Crippen LogP contribution in [0.1, 0.15) is 11.1 Å². The van der Waals surface area contributed by atoms with Gasteiger partial charge in [-0.2, -0.15) is 0 Å². The number of rotatable bonds is 7. The van der Waals surface area contributed by atoms with Gasteiger partial charge in [-0.05, 0) is 35.7 Å². The molecule has 28 heavy (non-hydrogen) atoms. The van der Waals surface area contributed by atoms with E-state index in [0.717, 1.165) is 17.2 Å². The van der Waals surface area contributed by atoms with E-state index in [1.807, 2.05) is 42.5 Å². The summed E-state index contributed by atoms with van der Waals surface area (Å²) in [6.07, 6.45) is 0.544. The standard InChI is InChI=1S/C20H18N2O5S/c1-27-20-12-11-17(14-19(20)22(23)24)28(25,26)21-18-10-6-5-9-16(18)13-15-7-3-2-4-8-15/h2-12,14,21H,13H2,1H3. The average Bonchev–Trinajstić information content (AvgIpc) is 2.69. The lowest BCUT2D eigenvalue weighted by molar-refractivity contribution is -0.386. The number of ether oxygens (including phenoxy) is 1. The van der Waals surface area contributed by atoms with Crippen LogP contribution in [0, 0.1) is 10.1 Å². The summed E-state index contributed by atoms with van der Waals surface area (Å²) in [7, 11) is -2.73. The number of sulfonamides is 1. The van der Waals surface area contributed by atoms with E-state index in [4.69, 9.17) is 4.74 Å². The van der Waals surface area contributed by atoms with Crippen LogP contribution in [-0.4, -0.2) is 20.5 Å². The Morgan fingerprint density at radius 1 is 1.00 bits per heavy atom. The van der Waals surface area contributed by atoms with Gasteiger partial charge in [0.1, 0.15) is 0 Å². The number of benzene rings is 3. The molecule has 0 aliphatic heterocycles. The summed E-state index contributed by atoms with van der Waals surface area (Å²) in [5.74, 6) is -0.00609. The zero-order valence-electron chi connectivity index (χ0n) is 15.0. The maximum absolute atomic E-state index is 12.8.